The zero-order chi connectivity index (χ0) is 21.7. The molecule has 0 bridgehead atoms. The average molecular weight is 442 g/mol. The zero-order valence-electron chi connectivity index (χ0n) is 17.8. The van der Waals surface area contributed by atoms with E-state index in [1.165, 1.54) is 0 Å². The van der Waals surface area contributed by atoms with Gasteiger partial charge in [0.05, 0.1) is 18.0 Å². The summed E-state index contributed by atoms with van der Waals surface area (Å²) in [6, 6.07) is 0. The van der Waals surface area contributed by atoms with Gasteiger partial charge in [0.2, 0.25) is 0 Å². The standard InChI is InChI=1S/C18H40N2O6P2/c1-5-16(6-2,14-27(21,22)23)19-18(12-10-9-11-13-18)20-17(7-3,8-4)15-28(24,25)26/h19-20H,5-15H2,1-4H3,(H2,21,22,23)(H2,24,25,26). The van der Waals surface area contributed by atoms with Crippen LogP contribution in [0.1, 0.15) is 85.5 Å². The first kappa shape index (κ1) is 26.3. The maximum atomic E-state index is 11.8. The van der Waals surface area contributed by atoms with E-state index in [2.05, 4.69) is 10.6 Å². The van der Waals surface area contributed by atoms with E-state index in [0.29, 0.717) is 25.7 Å². The van der Waals surface area contributed by atoms with Crippen molar-refractivity contribution in [3.05, 3.63) is 0 Å². The molecule has 1 saturated carbocycles. The van der Waals surface area contributed by atoms with E-state index in [1.54, 1.807) is 0 Å². The minimum absolute atomic E-state index is 0.250. The third-order valence-corrected chi connectivity index (χ3v) is 8.47. The molecule has 0 atom stereocenters. The van der Waals surface area contributed by atoms with Crippen molar-refractivity contribution in [1.29, 1.82) is 0 Å². The van der Waals surface area contributed by atoms with Crippen LogP contribution < -0.4 is 10.6 Å². The molecule has 0 saturated heterocycles. The van der Waals surface area contributed by atoms with Crippen molar-refractivity contribution in [3.8, 4) is 0 Å². The smallest absolute Gasteiger partial charge is 0.324 e. The molecular formula is C18H40N2O6P2. The summed E-state index contributed by atoms with van der Waals surface area (Å²) < 4.78 is 23.7. The summed E-state index contributed by atoms with van der Waals surface area (Å²) in [6.07, 6.45) is 6.25. The van der Waals surface area contributed by atoms with E-state index in [1.807, 2.05) is 27.7 Å². The van der Waals surface area contributed by atoms with Gasteiger partial charge in [-0.3, -0.25) is 19.8 Å². The summed E-state index contributed by atoms with van der Waals surface area (Å²) >= 11 is 0. The van der Waals surface area contributed by atoms with Crippen LogP contribution in [0.5, 0.6) is 0 Å². The number of rotatable bonds is 12. The highest BCUT2D eigenvalue weighted by atomic mass is 31.2. The maximum absolute atomic E-state index is 11.8. The Hall–Kier alpha value is 0.220. The Balaban J connectivity index is 3.29. The van der Waals surface area contributed by atoms with Gasteiger partial charge in [-0.15, -0.1) is 0 Å². The molecule has 1 aliphatic carbocycles. The first-order valence-corrected chi connectivity index (χ1v) is 14.0. The zero-order valence-corrected chi connectivity index (χ0v) is 19.6. The predicted molar refractivity (Wildman–Crippen MR) is 113 cm³/mol. The van der Waals surface area contributed by atoms with Gasteiger partial charge in [0.15, 0.2) is 0 Å². The van der Waals surface area contributed by atoms with Crippen molar-refractivity contribution >= 4 is 15.2 Å². The number of nitrogens with one attached hydrogen (secondary N) is 2. The van der Waals surface area contributed by atoms with E-state index in [0.717, 1.165) is 32.1 Å². The van der Waals surface area contributed by atoms with E-state index >= 15 is 0 Å². The molecule has 0 spiro atoms. The molecule has 1 fully saturated rings. The second-order valence-electron chi connectivity index (χ2n) is 8.51. The van der Waals surface area contributed by atoms with E-state index in [4.69, 9.17) is 0 Å². The van der Waals surface area contributed by atoms with Crippen molar-refractivity contribution in [2.75, 3.05) is 12.3 Å². The fraction of sp³-hybridized carbons (Fsp3) is 1.00. The maximum Gasteiger partial charge on any atom is 0.327 e. The number of hydrogen-bond donors (Lipinski definition) is 6. The van der Waals surface area contributed by atoms with Gasteiger partial charge in [-0.2, -0.15) is 0 Å². The van der Waals surface area contributed by atoms with Crippen molar-refractivity contribution in [3.63, 3.8) is 0 Å². The molecule has 1 aliphatic rings. The fourth-order valence-corrected chi connectivity index (χ4v) is 7.25. The topological polar surface area (TPSA) is 139 Å². The fourth-order valence-electron chi connectivity index (χ4n) is 4.62. The molecule has 0 aromatic heterocycles. The Morgan fingerprint density at radius 2 is 1.04 bits per heavy atom. The lowest BCUT2D eigenvalue weighted by molar-refractivity contribution is 0.0775. The summed E-state index contributed by atoms with van der Waals surface area (Å²) in [4.78, 5) is 38.6. The van der Waals surface area contributed by atoms with E-state index in [9.17, 15) is 28.7 Å². The van der Waals surface area contributed by atoms with Crippen molar-refractivity contribution in [2.24, 2.45) is 0 Å². The molecule has 0 unspecified atom stereocenters. The molecule has 10 heteroatoms. The summed E-state index contributed by atoms with van der Waals surface area (Å²) in [5.41, 5.74) is -2.07. The van der Waals surface area contributed by atoms with Crippen LogP contribution in [-0.4, -0.2) is 48.6 Å². The molecule has 0 amide bonds. The van der Waals surface area contributed by atoms with Crippen LogP contribution in [0.25, 0.3) is 0 Å². The lowest BCUT2D eigenvalue weighted by atomic mass is 9.81. The van der Waals surface area contributed by atoms with Crippen LogP contribution in [0.15, 0.2) is 0 Å². The molecule has 6 N–H and O–H groups in total. The van der Waals surface area contributed by atoms with E-state index < -0.39 is 31.9 Å². The Morgan fingerprint density at radius 3 is 1.29 bits per heavy atom. The summed E-state index contributed by atoms with van der Waals surface area (Å²) in [5, 5.41) is 7.18. The minimum Gasteiger partial charge on any atom is -0.324 e. The highest BCUT2D eigenvalue weighted by molar-refractivity contribution is 7.52. The molecule has 168 valence electrons. The van der Waals surface area contributed by atoms with Gasteiger partial charge >= 0.3 is 15.2 Å². The quantitative estimate of drug-likeness (QED) is 0.200. The normalized spacial score (nSPS) is 19.0. The van der Waals surface area contributed by atoms with Crippen LogP contribution in [0.4, 0.5) is 0 Å². The average Bonchev–Trinajstić information content (AvgIpc) is 2.58. The van der Waals surface area contributed by atoms with Crippen LogP contribution in [-0.2, 0) is 9.13 Å². The van der Waals surface area contributed by atoms with E-state index in [-0.39, 0.29) is 12.3 Å². The molecule has 1 rings (SSSR count). The third-order valence-electron chi connectivity index (χ3n) is 6.44. The van der Waals surface area contributed by atoms with Gasteiger partial charge in [-0.25, -0.2) is 0 Å². The molecule has 28 heavy (non-hydrogen) atoms. The molecule has 0 radical (unpaired) electrons. The Bertz CT molecular complexity index is 531. The summed E-state index contributed by atoms with van der Waals surface area (Å²) in [5.74, 6) is 0. The molecular weight excluding hydrogens is 402 g/mol. The second-order valence-corrected chi connectivity index (χ2v) is 11.8. The van der Waals surface area contributed by atoms with Gasteiger partial charge in [0.25, 0.3) is 0 Å². The highest BCUT2D eigenvalue weighted by Crippen LogP contribution is 2.45. The SMILES string of the molecule is CCC(CC)(CP(=O)(O)O)NC1(NC(CC)(CC)CP(=O)(O)O)CCCCC1. The first-order chi connectivity index (χ1) is 12.8. The molecule has 0 aliphatic heterocycles. The highest BCUT2D eigenvalue weighted by Gasteiger charge is 2.47. The minimum atomic E-state index is -4.23. The van der Waals surface area contributed by atoms with Crippen LogP contribution in [0.3, 0.4) is 0 Å². The van der Waals surface area contributed by atoms with Crippen LogP contribution >= 0.6 is 15.2 Å². The van der Waals surface area contributed by atoms with Gasteiger partial charge < -0.3 is 19.6 Å². The number of hydrogen-bond acceptors (Lipinski definition) is 4. The van der Waals surface area contributed by atoms with Crippen molar-refractivity contribution in [2.45, 2.75) is 102 Å². The summed E-state index contributed by atoms with van der Waals surface area (Å²) in [6.45, 7) is 7.69. The Morgan fingerprint density at radius 1 is 0.714 bits per heavy atom. The van der Waals surface area contributed by atoms with Crippen LogP contribution in [0.2, 0.25) is 0 Å². The molecule has 0 aromatic rings. The van der Waals surface area contributed by atoms with Gasteiger partial charge in [-0.1, -0.05) is 47.0 Å². The summed E-state index contributed by atoms with van der Waals surface area (Å²) in [7, 11) is -8.46. The largest absolute Gasteiger partial charge is 0.327 e. The monoisotopic (exact) mass is 442 g/mol. The van der Waals surface area contributed by atoms with Gasteiger partial charge in [-0.05, 0) is 38.5 Å². The second kappa shape index (κ2) is 10.0. The predicted octanol–water partition coefficient (Wildman–Crippen LogP) is 3.30. The van der Waals surface area contributed by atoms with Crippen molar-refractivity contribution in [1.82, 2.24) is 10.6 Å². The third kappa shape index (κ3) is 7.81. The van der Waals surface area contributed by atoms with Crippen LogP contribution in [0, 0.1) is 0 Å². The molecule has 0 aromatic carbocycles. The van der Waals surface area contributed by atoms with Crippen molar-refractivity contribution < 1.29 is 28.7 Å². The first-order valence-electron chi connectivity index (χ1n) is 10.5. The van der Waals surface area contributed by atoms with Gasteiger partial charge in [0, 0.05) is 11.1 Å². The lowest BCUT2D eigenvalue weighted by Crippen LogP contribution is -2.71. The molecule has 0 heterocycles. The Kier molecular flexibility index (Phi) is 9.39. The molecule has 8 nitrogen and oxygen atoms in total. The lowest BCUT2D eigenvalue weighted by Gasteiger charge is -2.52. The Labute approximate surface area is 169 Å². The van der Waals surface area contributed by atoms with Gasteiger partial charge in [0.1, 0.15) is 0 Å².